The Hall–Kier alpha value is -1.95. The van der Waals surface area contributed by atoms with E-state index in [1.165, 1.54) is 11.8 Å². The number of aryl methyl sites for hydroxylation is 2. The maximum Gasteiger partial charge on any atom is 0.340 e. The van der Waals surface area contributed by atoms with E-state index in [4.69, 9.17) is 0 Å². The van der Waals surface area contributed by atoms with Crippen LogP contribution in [0.4, 0.5) is 0 Å². The second kappa shape index (κ2) is 5.79. The molecule has 98 valence electrons. The number of hydrogen-bond acceptors (Lipinski definition) is 5. The second-order valence-corrected chi connectivity index (χ2v) is 4.95. The molecule has 0 fully saturated rings. The van der Waals surface area contributed by atoms with Crippen LogP contribution < -0.4 is 0 Å². The van der Waals surface area contributed by atoms with Gasteiger partial charge in [-0.15, -0.1) is 11.8 Å². The molecule has 0 saturated carbocycles. The monoisotopic (exact) mass is 275 g/mol. The highest BCUT2D eigenvalue weighted by Crippen LogP contribution is 2.25. The van der Waals surface area contributed by atoms with Gasteiger partial charge in [0.25, 0.3) is 0 Å². The third kappa shape index (κ3) is 3.29. The van der Waals surface area contributed by atoms with Gasteiger partial charge < -0.3 is 5.11 Å². The fourth-order valence-corrected chi connectivity index (χ4v) is 2.73. The fourth-order valence-electron chi connectivity index (χ4n) is 1.66. The molecule has 0 amide bonds. The van der Waals surface area contributed by atoms with Gasteiger partial charge in [-0.1, -0.05) is 0 Å². The van der Waals surface area contributed by atoms with Crippen LogP contribution in [0.5, 0.6) is 0 Å². The minimum Gasteiger partial charge on any atom is -0.478 e. The van der Waals surface area contributed by atoms with E-state index in [1.807, 2.05) is 12.1 Å². The van der Waals surface area contributed by atoms with Crippen molar-refractivity contribution in [2.24, 2.45) is 0 Å². The van der Waals surface area contributed by atoms with Crippen LogP contribution in [0.2, 0.25) is 0 Å². The number of hydrogen-bond donors (Lipinski definition) is 1. The first-order valence-corrected chi connectivity index (χ1v) is 6.66. The predicted molar refractivity (Wildman–Crippen MR) is 72.3 cm³/mol. The van der Waals surface area contributed by atoms with Gasteiger partial charge >= 0.3 is 5.97 Å². The Balaban J connectivity index is 2.27. The van der Waals surface area contributed by atoms with E-state index in [2.05, 4.69) is 15.0 Å². The van der Waals surface area contributed by atoms with Crippen LogP contribution in [0.3, 0.4) is 0 Å². The Kier molecular flexibility index (Phi) is 4.11. The molecule has 0 atom stereocenters. The summed E-state index contributed by atoms with van der Waals surface area (Å²) in [5, 5.41) is 9.74. The normalized spacial score (nSPS) is 10.4. The third-order valence-electron chi connectivity index (χ3n) is 2.51. The van der Waals surface area contributed by atoms with Gasteiger partial charge in [0.05, 0.1) is 5.69 Å². The van der Waals surface area contributed by atoms with Crippen LogP contribution in [-0.4, -0.2) is 26.0 Å². The maximum absolute atomic E-state index is 11.3. The van der Waals surface area contributed by atoms with Gasteiger partial charge in [0.15, 0.2) is 0 Å². The van der Waals surface area contributed by atoms with E-state index >= 15 is 0 Å². The van der Waals surface area contributed by atoms with Crippen molar-refractivity contribution >= 4 is 17.7 Å². The molecule has 2 heterocycles. The van der Waals surface area contributed by atoms with Crippen LogP contribution in [-0.2, 0) is 5.75 Å². The number of nitrogens with zero attached hydrogens (tertiary/aromatic N) is 3. The van der Waals surface area contributed by atoms with Crippen LogP contribution >= 0.6 is 11.8 Å². The minimum atomic E-state index is -0.991. The molecule has 0 bridgehead atoms. The molecule has 0 spiro atoms. The van der Waals surface area contributed by atoms with E-state index < -0.39 is 5.97 Å². The van der Waals surface area contributed by atoms with Crippen molar-refractivity contribution < 1.29 is 9.90 Å². The Morgan fingerprint density at radius 2 is 1.95 bits per heavy atom. The lowest BCUT2D eigenvalue weighted by molar-refractivity contribution is 0.0690. The Labute approximate surface area is 115 Å². The standard InChI is InChI=1S/C13H13N3O2S/c1-8-11(13(17)18)12(16-9(2)15-8)19-7-10-3-5-14-6-4-10/h3-6H,7H2,1-2H3,(H,17,18). The number of carboxylic acids is 1. The summed E-state index contributed by atoms with van der Waals surface area (Å²) in [5.74, 6) is 0.244. The van der Waals surface area contributed by atoms with Crippen molar-refractivity contribution in [3.8, 4) is 0 Å². The molecule has 1 N–H and O–H groups in total. The molecule has 0 aliphatic carbocycles. The van der Waals surface area contributed by atoms with Crippen LogP contribution in [0.1, 0.15) is 27.4 Å². The smallest absolute Gasteiger partial charge is 0.340 e. The summed E-state index contributed by atoms with van der Waals surface area (Å²) in [5.41, 5.74) is 1.76. The van der Waals surface area contributed by atoms with Gasteiger partial charge in [-0.25, -0.2) is 14.8 Å². The second-order valence-electron chi connectivity index (χ2n) is 3.99. The number of thioether (sulfide) groups is 1. The maximum atomic E-state index is 11.3. The molecule has 2 aromatic heterocycles. The molecule has 19 heavy (non-hydrogen) atoms. The van der Waals surface area contributed by atoms with Gasteiger partial charge in [0.2, 0.25) is 0 Å². The zero-order valence-electron chi connectivity index (χ0n) is 10.6. The summed E-state index contributed by atoms with van der Waals surface area (Å²) in [6, 6.07) is 3.79. The Morgan fingerprint density at radius 1 is 1.26 bits per heavy atom. The van der Waals surface area contributed by atoms with Crippen LogP contribution in [0, 0.1) is 13.8 Å². The highest BCUT2D eigenvalue weighted by molar-refractivity contribution is 7.98. The summed E-state index contributed by atoms with van der Waals surface area (Å²) < 4.78 is 0. The molecule has 2 aromatic rings. The van der Waals surface area contributed by atoms with Crippen molar-refractivity contribution in [3.05, 3.63) is 47.2 Å². The summed E-state index contributed by atoms with van der Waals surface area (Å²) in [7, 11) is 0. The van der Waals surface area contributed by atoms with E-state index in [-0.39, 0.29) is 5.56 Å². The zero-order valence-corrected chi connectivity index (χ0v) is 11.4. The number of aromatic nitrogens is 3. The van der Waals surface area contributed by atoms with E-state index in [9.17, 15) is 9.90 Å². The molecule has 6 heteroatoms. The summed E-state index contributed by atoms with van der Waals surface area (Å²) in [6.45, 7) is 3.45. The predicted octanol–water partition coefficient (Wildman–Crippen LogP) is 2.48. The topological polar surface area (TPSA) is 76.0 Å². The van der Waals surface area contributed by atoms with E-state index in [0.29, 0.717) is 22.3 Å². The fraction of sp³-hybridized carbons (Fsp3) is 0.231. The number of pyridine rings is 1. The Bertz CT molecular complexity index is 602. The zero-order chi connectivity index (χ0) is 13.8. The Morgan fingerprint density at radius 3 is 2.58 bits per heavy atom. The molecule has 0 aromatic carbocycles. The van der Waals surface area contributed by atoms with Gasteiger partial charge in [-0.05, 0) is 31.5 Å². The van der Waals surface area contributed by atoms with Crippen LogP contribution in [0.25, 0.3) is 0 Å². The highest BCUT2D eigenvalue weighted by Gasteiger charge is 2.17. The lowest BCUT2D eigenvalue weighted by atomic mass is 10.2. The van der Waals surface area contributed by atoms with Crippen molar-refractivity contribution in [2.75, 3.05) is 0 Å². The number of aromatic carboxylic acids is 1. The molecule has 0 radical (unpaired) electrons. The van der Waals surface area contributed by atoms with Gasteiger partial charge in [0, 0.05) is 18.1 Å². The molecule has 2 rings (SSSR count). The number of carboxylic acid groups (broad SMARTS) is 1. The molecule has 5 nitrogen and oxygen atoms in total. The average molecular weight is 275 g/mol. The van der Waals surface area contributed by atoms with Crippen molar-refractivity contribution in [1.29, 1.82) is 0 Å². The van der Waals surface area contributed by atoms with Crippen LogP contribution in [0.15, 0.2) is 29.6 Å². The molecular formula is C13H13N3O2S. The van der Waals surface area contributed by atoms with Gasteiger partial charge in [-0.2, -0.15) is 0 Å². The van der Waals surface area contributed by atoms with Gasteiger partial charge in [0.1, 0.15) is 16.4 Å². The summed E-state index contributed by atoms with van der Waals surface area (Å²) >= 11 is 1.40. The SMILES string of the molecule is Cc1nc(C)c(C(=O)O)c(SCc2ccncc2)n1. The molecule has 0 unspecified atom stereocenters. The lowest BCUT2D eigenvalue weighted by Crippen LogP contribution is -2.08. The number of carbonyl (C=O) groups is 1. The van der Waals surface area contributed by atoms with Crippen molar-refractivity contribution in [3.63, 3.8) is 0 Å². The first kappa shape index (κ1) is 13.5. The highest BCUT2D eigenvalue weighted by atomic mass is 32.2. The lowest BCUT2D eigenvalue weighted by Gasteiger charge is -2.08. The summed E-state index contributed by atoms with van der Waals surface area (Å²) in [4.78, 5) is 23.5. The van der Waals surface area contributed by atoms with E-state index in [1.54, 1.807) is 26.2 Å². The third-order valence-corrected chi connectivity index (χ3v) is 3.55. The molecule has 0 aliphatic rings. The number of rotatable bonds is 4. The van der Waals surface area contributed by atoms with Gasteiger partial charge in [-0.3, -0.25) is 4.98 Å². The molecular weight excluding hydrogens is 262 g/mol. The first-order chi connectivity index (χ1) is 9.08. The average Bonchev–Trinajstić information content (AvgIpc) is 2.36. The van der Waals surface area contributed by atoms with Crippen molar-refractivity contribution in [2.45, 2.75) is 24.6 Å². The minimum absolute atomic E-state index is 0.185. The molecule has 0 saturated heterocycles. The van der Waals surface area contributed by atoms with Crippen molar-refractivity contribution in [1.82, 2.24) is 15.0 Å². The summed E-state index contributed by atoms with van der Waals surface area (Å²) in [6.07, 6.45) is 3.43. The first-order valence-electron chi connectivity index (χ1n) is 5.68. The quantitative estimate of drug-likeness (QED) is 0.682. The molecule has 0 aliphatic heterocycles. The largest absolute Gasteiger partial charge is 0.478 e. The van der Waals surface area contributed by atoms with E-state index in [0.717, 1.165) is 5.56 Å².